The Morgan fingerprint density at radius 3 is 2.93 bits per heavy atom. The second kappa shape index (κ2) is 4.78. The van der Waals surface area contributed by atoms with Crippen molar-refractivity contribution in [2.45, 2.75) is 6.54 Å². The van der Waals surface area contributed by atoms with Crippen molar-refractivity contribution in [1.29, 1.82) is 0 Å². The number of hydrogen-bond acceptors (Lipinski definition) is 3. The van der Waals surface area contributed by atoms with Crippen LogP contribution in [0.3, 0.4) is 0 Å². The Morgan fingerprint density at radius 1 is 1.79 bits per heavy atom. The smallest absolute Gasteiger partial charge is 0.356 e. The van der Waals surface area contributed by atoms with Crippen molar-refractivity contribution in [1.82, 2.24) is 9.78 Å². The number of rotatable bonds is 4. The lowest BCUT2D eigenvalue weighted by molar-refractivity contribution is 0.0689. The van der Waals surface area contributed by atoms with E-state index in [2.05, 4.69) is 5.10 Å². The Morgan fingerprint density at radius 2 is 2.50 bits per heavy atom. The molecule has 0 saturated heterocycles. The van der Waals surface area contributed by atoms with Crippen molar-refractivity contribution in [3.05, 3.63) is 29.1 Å². The number of carboxylic acids is 1. The zero-order valence-corrected chi connectivity index (χ0v) is 8.11. The van der Waals surface area contributed by atoms with Gasteiger partial charge in [0, 0.05) is 18.3 Å². The molecule has 0 aliphatic rings. The molecule has 76 valence electrons. The predicted octanol–water partition coefficient (Wildman–Crippen LogP) is 0.663. The third kappa shape index (κ3) is 2.58. The van der Waals surface area contributed by atoms with Crippen LogP contribution in [0.25, 0.3) is 0 Å². The van der Waals surface area contributed by atoms with Crippen LogP contribution in [0.1, 0.15) is 10.5 Å². The van der Waals surface area contributed by atoms with Crippen molar-refractivity contribution in [3.63, 3.8) is 0 Å². The highest BCUT2D eigenvalue weighted by Gasteiger charge is 2.06. The van der Waals surface area contributed by atoms with Crippen LogP contribution < -0.4 is 5.73 Å². The number of carboxylic acid groups (broad SMARTS) is 1. The van der Waals surface area contributed by atoms with E-state index < -0.39 is 5.97 Å². The first-order chi connectivity index (χ1) is 6.67. The monoisotopic (exact) mass is 215 g/mol. The van der Waals surface area contributed by atoms with Gasteiger partial charge in [0.1, 0.15) is 0 Å². The minimum absolute atomic E-state index is 0.0101. The number of nitrogens with zero attached hydrogens (tertiary/aromatic N) is 2. The minimum Gasteiger partial charge on any atom is -0.476 e. The third-order valence-corrected chi connectivity index (χ3v) is 1.95. The summed E-state index contributed by atoms with van der Waals surface area (Å²) in [5.41, 5.74) is 7.56. The Labute approximate surface area is 85.8 Å². The maximum atomic E-state index is 10.5. The Hall–Kier alpha value is -1.33. The quantitative estimate of drug-likeness (QED) is 0.773. The fraction of sp³-hybridized carbons (Fsp3) is 0.250. The molecule has 0 saturated carbocycles. The molecule has 1 heterocycles. The van der Waals surface area contributed by atoms with Crippen molar-refractivity contribution >= 4 is 17.6 Å². The van der Waals surface area contributed by atoms with Crippen LogP contribution in [0.15, 0.2) is 23.4 Å². The van der Waals surface area contributed by atoms with Crippen LogP contribution >= 0.6 is 11.6 Å². The Bertz CT molecular complexity index is 359. The van der Waals surface area contributed by atoms with Gasteiger partial charge >= 0.3 is 5.97 Å². The Balaban J connectivity index is 2.73. The number of aromatic carboxylic acids is 1. The highest BCUT2D eigenvalue weighted by Crippen LogP contribution is 2.01. The average molecular weight is 216 g/mol. The number of aromatic nitrogens is 2. The summed E-state index contributed by atoms with van der Waals surface area (Å²) >= 11 is 5.49. The van der Waals surface area contributed by atoms with E-state index in [1.807, 2.05) is 0 Å². The summed E-state index contributed by atoms with van der Waals surface area (Å²) in [5, 5.41) is 12.4. The van der Waals surface area contributed by atoms with E-state index in [9.17, 15) is 4.79 Å². The van der Waals surface area contributed by atoms with E-state index in [1.165, 1.54) is 16.3 Å². The van der Waals surface area contributed by atoms with Gasteiger partial charge in [-0.15, -0.1) is 0 Å². The van der Waals surface area contributed by atoms with E-state index in [4.69, 9.17) is 22.4 Å². The molecule has 0 amide bonds. The summed E-state index contributed by atoms with van der Waals surface area (Å²) in [6.45, 7) is 0.735. The average Bonchev–Trinajstić information content (AvgIpc) is 2.62. The van der Waals surface area contributed by atoms with Crippen LogP contribution in [-0.2, 0) is 6.54 Å². The van der Waals surface area contributed by atoms with Crippen LogP contribution in [0.2, 0.25) is 0 Å². The molecule has 0 aromatic carbocycles. The van der Waals surface area contributed by atoms with Crippen LogP contribution in [0.5, 0.6) is 0 Å². The predicted molar refractivity (Wildman–Crippen MR) is 52.2 cm³/mol. The molecule has 0 radical (unpaired) electrons. The summed E-state index contributed by atoms with van der Waals surface area (Å²) in [7, 11) is 0. The molecule has 0 spiro atoms. The minimum atomic E-state index is -1.05. The van der Waals surface area contributed by atoms with Crippen LogP contribution in [-0.4, -0.2) is 27.4 Å². The Kier molecular flexibility index (Phi) is 3.67. The van der Waals surface area contributed by atoms with Crippen molar-refractivity contribution in [3.8, 4) is 0 Å². The van der Waals surface area contributed by atoms with Gasteiger partial charge in [-0.25, -0.2) is 4.79 Å². The highest BCUT2D eigenvalue weighted by molar-refractivity contribution is 6.25. The van der Waals surface area contributed by atoms with Gasteiger partial charge in [-0.2, -0.15) is 5.10 Å². The fourth-order valence-corrected chi connectivity index (χ4v) is 1.07. The van der Waals surface area contributed by atoms with Crippen molar-refractivity contribution < 1.29 is 9.90 Å². The number of halogens is 1. The lowest BCUT2D eigenvalue weighted by Crippen LogP contribution is -2.11. The molecule has 0 bridgehead atoms. The van der Waals surface area contributed by atoms with Crippen molar-refractivity contribution in [2.75, 3.05) is 6.54 Å². The highest BCUT2D eigenvalue weighted by atomic mass is 35.5. The van der Waals surface area contributed by atoms with Gasteiger partial charge in [0.05, 0.1) is 6.54 Å². The molecule has 0 unspecified atom stereocenters. The molecule has 0 atom stereocenters. The largest absolute Gasteiger partial charge is 0.476 e. The normalized spacial score (nSPS) is 11.7. The second-order valence-corrected chi connectivity index (χ2v) is 2.89. The molecule has 0 aliphatic heterocycles. The molecule has 0 aliphatic carbocycles. The fourth-order valence-electron chi connectivity index (χ4n) is 0.915. The lowest BCUT2D eigenvalue weighted by Gasteiger charge is -2.02. The van der Waals surface area contributed by atoms with Gasteiger partial charge in [-0.1, -0.05) is 11.6 Å². The van der Waals surface area contributed by atoms with Crippen molar-refractivity contribution in [2.24, 2.45) is 5.73 Å². The molecule has 1 aromatic heterocycles. The number of nitrogens with two attached hydrogens (primary N) is 1. The zero-order chi connectivity index (χ0) is 10.6. The summed E-state index contributed by atoms with van der Waals surface area (Å²) < 4.78 is 1.48. The van der Waals surface area contributed by atoms with Crippen LogP contribution in [0.4, 0.5) is 0 Å². The standard InChI is InChI=1S/C8H10ClN3O2/c9-3-6(4-10)5-12-2-1-7(11-12)8(13)14/h1-3H,4-5,10H2,(H,13,14). The first-order valence-corrected chi connectivity index (χ1v) is 4.36. The molecule has 6 heteroatoms. The SMILES string of the molecule is NCC(=CCl)Cn1ccc(C(=O)O)n1. The van der Waals surface area contributed by atoms with Gasteiger partial charge in [-0.05, 0) is 11.6 Å². The first-order valence-electron chi connectivity index (χ1n) is 3.92. The van der Waals surface area contributed by atoms with Gasteiger partial charge in [0.2, 0.25) is 0 Å². The van der Waals surface area contributed by atoms with E-state index >= 15 is 0 Å². The van der Waals surface area contributed by atoms with Gasteiger partial charge in [0.15, 0.2) is 5.69 Å². The summed E-state index contributed by atoms with van der Waals surface area (Å²) in [6.07, 6.45) is 1.57. The maximum Gasteiger partial charge on any atom is 0.356 e. The summed E-state index contributed by atoms with van der Waals surface area (Å²) in [4.78, 5) is 10.5. The van der Waals surface area contributed by atoms with Gasteiger partial charge in [0.25, 0.3) is 0 Å². The number of hydrogen-bond donors (Lipinski definition) is 2. The molecule has 1 rings (SSSR count). The van der Waals surface area contributed by atoms with Gasteiger partial charge < -0.3 is 10.8 Å². The molecular weight excluding hydrogens is 206 g/mol. The molecule has 14 heavy (non-hydrogen) atoms. The van der Waals surface area contributed by atoms with E-state index in [-0.39, 0.29) is 5.69 Å². The number of carbonyl (C=O) groups is 1. The summed E-state index contributed by atoms with van der Waals surface area (Å²) in [6, 6.07) is 1.42. The van der Waals surface area contributed by atoms with E-state index in [0.717, 1.165) is 5.57 Å². The van der Waals surface area contributed by atoms with Crippen LogP contribution in [0, 0.1) is 0 Å². The second-order valence-electron chi connectivity index (χ2n) is 2.68. The van der Waals surface area contributed by atoms with Gasteiger partial charge in [-0.3, -0.25) is 4.68 Å². The van der Waals surface area contributed by atoms with E-state index in [1.54, 1.807) is 6.20 Å². The lowest BCUT2D eigenvalue weighted by atomic mass is 10.3. The summed E-state index contributed by atoms with van der Waals surface area (Å²) in [5.74, 6) is -1.05. The molecule has 0 fully saturated rings. The maximum absolute atomic E-state index is 10.5. The first kappa shape index (κ1) is 10.7. The molecule has 3 N–H and O–H groups in total. The van der Waals surface area contributed by atoms with E-state index in [0.29, 0.717) is 13.1 Å². The topological polar surface area (TPSA) is 81.1 Å². The molecule has 5 nitrogen and oxygen atoms in total. The molecular formula is C8H10ClN3O2. The zero-order valence-electron chi connectivity index (χ0n) is 7.35. The third-order valence-electron chi connectivity index (χ3n) is 1.64. The molecule has 1 aromatic rings.